The Labute approximate surface area is 191 Å². The number of carbonyl (C=O) groups excluding carboxylic acids is 2. The molecular weight excluding hydrogens is 404 g/mol. The molecule has 176 valence electrons. The van der Waals surface area contributed by atoms with Gasteiger partial charge < -0.3 is 20.0 Å². The van der Waals surface area contributed by atoms with E-state index in [-0.39, 0.29) is 23.8 Å². The summed E-state index contributed by atoms with van der Waals surface area (Å²) in [5.41, 5.74) is 2.02. The third-order valence-corrected chi connectivity index (χ3v) is 7.45. The van der Waals surface area contributed by atoms with Gasteiger partial charge in [0.1, 0.15) is 5.82 Å². The lowest BCUT2D eigenvalue weighted by Crippen LogP contribution is -2.47. The molecule has 0 bridgehead atoms. The van der Waals surface area contributed by atoms with Gasteiger partial charge in [-0.25, -0.2) is 9.97 Å². The number of hydrogen-bond acceptors (Lipinski definition) is 6. The van der Waals surface area contributed by atoms with Crippen LogP contribution < -0.4 is 5.32 Å². The number of nitrogens with zero attached hydrogens (tertiary/aromatic N) is 5. The highest BCUT2D eigenvalue weighted by Crippen LogP contribution is 2.34. The van der Waals surface area contributed by atoms with Crippen LogP contribution in [0.4, 0.5) is 5.82 Å². The molecule has 1 N–H and O–H groups in total. The van der Waals surface area contributed by atoms with Gasteiger partial charge >= 0.3 is 0 Å². The van der Waals surface area contributed by atoms with Gasteiger partial charge in [-0.3, -0.25) is 9.59 Å². The molecule has 0 spiro atoms. The average Bonchev–Trinajstić information content (AvgIpc) is 2.82. The molecule has 0 aliphatic carbocycles. The molecule has 1 aromatic heterocycles. The third-order valence-electron chi connectivity index (χ3n) is 7.45. The molecule has 2 saturated heterocycles. The topological polar surface area (TPSA) is 81.7 Å². The van der Waals surface area contributed by atoms with E-state index in [2.05, 4.69) is 29.0 Å². The molecule has 3 aliphatic rings. The largest absolute Gasteiger partial charge is 0.373 e. The summed E-state index contributed by atoms with van der Waals surface area (Å²) < 4.78 is 0. The van der Waals surface area contributed by atoms with E-state index in [1.54, 1.807) is 6.92 Å². The minimum absolute atomic E-state index is 0.0531. The summed E-state index contributed by atoms with van der Waals surface area (Å²) in [4.78, 5) is 41.6. The number of aromatic nitrogens is 2. The second-order valence-corrected chi connectivity index (χ2v) is 9.74. The smallest absolute Gasteiger partial charge is 0.226 e. The van der Waals surface area contributed by atoms with Gasteiger partial charge in [-0.05, 0) is 59.0 Å². The summed E-state index contributed by atoms with van der Waals surface area (Å²) in [5.74, 6) is 2.02. The molecule has 0 radical (unpaired) electrons. The van der Waals surface area contributed by atoms with Crippen LogP contribution in [0.25, 0.3) is 0 Å². The highest BCUT2D eigenvalue weighted by molar-refractivity contribution is 5.79. The van der Waals surface area contributed by atoms with E-state index in [1.165, 1.54) is 0 Å². The lowest BCUT2D eigenvalue weighted by atomic mass is 9.91. The number of amides is 2. The summed E-state index contributed by atoms with van der Waals surface area (Å²) in [6.45, 7) is 10.1. The zero-order valence-electron chi connectivity index (χ0n) is 20.1. The van der Waals surface area contributed by atoms with Gasteiger partial charge in [0.2, 0.25) is 11.8 Å². The first-order valence-electron chi connectivity index (χ1n) is 12.3. The maximum absolute atomic E-state index is 13.6. The molecule has 8 heteroatoms. The highest BCUT2D eigenvalue weighted by Gasteiger charge is 2.36. The molecule has 0 saturated carbocycles. The number of nitrogens with one attached hydrogen (secondary N) is 1. The van der Waals surface area contributed by atoms with Crippen molar-refractivity contribution in [1.29, 1.82) is 0 Å². The molecule has 1 atom stereocenters. The number of likely N-dealkylation sites (tertiary alicyclic amines) is 2. The molecule has 4 heterocycles. The Morgan fingerprint density at radius 2 is 1.78 bits per heavy atom. The van der Waals surface area contributed by atoms with Gasteiger partial charge in [0, 0.05) is 51.0 Å². The number of fused-ring (bicyclic) bond motifs is 1. The maximum atomic E-state index is 13.6. The number of carbonyl (C=O) groups is 2. The fraction of sp³-hybridized carbons (Fsp3) is 0.750. The van der Waals surface area contributed by atoms with Crippen molar-refractivity contribution >= 4 is 17.6 Å². The minimum Gasteiger partial charge on any atom is -0.373 e. The number of hydrogen-bond donors (Lipinski definition) is 1. The summed E-state index contributed by atoms with van der Waals surface area (Å²) in [5, 5.41) is 3.22. The van der Waals surface area contributed by atoms with E-state index in [1.807, 2.05) is 11.9 Å². The molecule has 4 rings (SSSR count). The predicted octanol–water partition coefficient (Wildman–Crippen LogP) is 2.60. The fourth-order valence-electron chi connectivity index (χ4n) is 5.42. The predicted molar refractivity (Wildman–Crippen MR) is 124 cm³/mol. The molecule has 8 nitrogen and oxygen atoms in total. The van der Waals surface area contributed by atoms with Crippen LogP contribution >= 0.6 is 0 Å². The number of piperidine rings is 2. The lowest BCUT2D eigenvalue weighted by molar-refractivity contribution is -0.141. The summed E-state index contributed by atoms with van der Waals surface area (Å²) in [6.07, 6.45) is 5.66. The van der Waals surface area contributed by atoms with Crippen molar-refractivity contribution in [2.24, 2.45) is 5.92 Å². The van der Waals surface area contributed by atoms with Crippen LogP contribution in [0.2, 0.25) is 0 Å². The van der Waals surface area contributed by atoms with E-state index >= 15 is 0 Å². The summed E-state index contributed by atoms with van der Waals surface area (Å²) in [7, 11) is 1.87. The number of anilines is 1. The molecule has 2 amide bonds. The molecule has 3 aliphatic heterocycles. The highest BCUT2D eigenvalue weighted by atomic mass is 16.2. The summed E-state index contributed by atoms with van der Waals surface area (Å²) >= 11 is 0. The van der Waals surface area contributed by atoms with Gasteiger partial charge in [0.15, 0.2) is 5.82 Å². The minimum atomic E-state index is -0.0531. The van der Waals surface area contributed by atoms with E-state index < -0.39 is 0 Å². The maximum Gasteiger partial charge on any atom is 0.226 e. The Hall–Kier alpha value is -2.22. The SMILES string of the molecule is CNc1nc([C@@H]2CCCCN2C(=O)C2CCN(C(C)C)CC2)nc2c1CN(C(C)=O)CC2. The second kappa shape index (κ2) is 9.73. The van der Waals surface area contributed by atoms with Crippen LogP contribution in [0, 0.1) is 5.92 Å². The van der Waals surface area contributed by atoms with Crippen molar-refractivity contribution in [1.82, 2.24) is 24.7 Å². The van der Waals surface area contributed by atoms with Gasteiger partial charge in [0.05, 0.1) is 18.3 Å². The van der Waals surface area contributed by atoms with Crippen molar-refractivity contribution in [3.63, 3.8) is 0 Å². The first-order valence-corrected chi connectivity index (χ1v) is 12.3. The molecule has 1 aromatic rings. The van der Waals surface area contributed by atoms with Crippen LogP contribution in [0.15, 0.2) is 0 Å². The van der Waals surface area contributed by atoms with Crippen LogP contribution in [0.5, 0.6) is 0 Å². The second-order valence-electron chi connectivity index (χ2n) is 9.74. The van der Waals surface area contributed by atoms with Gasteiger partial charge in [-0.2, -0.15) is 0 Å². The van der Waals surface area contributed by atoms with Crippen molar-refractivity contribution in [2.45, 2.75) is 77.9 Å². The molecule has 0 unspecified atom stereocenters. The average molecular weight is 443 g/mol. The Kier molecular flexibility index (Phi) is 6.98. The van der Waals surface area contributed by atoms with Crippen molar-refractivity contribution in [2.75, 3.05) is 38.5 Å². The van der Waals surface area contributed by atoms with Crippen LogP contribution in [-0.4, -0.2) is 75.8 Å². The standard InChI is InChI=1S/C24H38N6O2/c1-16(2)28-12-8-18(9-13-28)24(32)30-11-6-5-7-21(30)23-26-20-10-14-29(17(3)31)15-19(20)22(25-4)27-23/h16,18,21H,5-15H2,1-4H3,(H,25,26,27)/t21-/m0/s1. The van der Waals surface area contributed by atoms with Gasteiger partial charge in [-0.15, -0.1) is 0 Å². The van der Waals surface area contributed by atoms with E-state index in [0.29, 0.717) is 19.1 Å². The zero-order chi connectivity index (χ0) is 22.8. The first kappa shape index (κ1) is 23.0. The fourth-order valence-corrected chi connectivity index (χ4v) is 5.42. The molecule has 32 heavy (non-hydrogen) atoms. The first-order chi connectivity index (χ1) is 15.4. The van der Waals surface area contributed by atoms with Gasteiger partial charge in [0.25, 0.3) is 0 Å². The summed E-state index contributed by atoms with van der Waals surface area (Å²) in [6, 6.07) is 0.485. The quantitative estimate of drug-likeness (QED) is 0.772. The van der Waals surface area contributed by atoms with Gasteiger partial charge in [-0.1, -0.05) is 0 Å². The van der Waals surface area contributed by atoms with Crippen LogP contribution in [0.3, 0.4) is 0 Å². The Morgan fingerprint density at radius 1 is 1.03 bits per heavy atom. The molecular formula is C24H38N6O2. The lowest BCUT2D eigenvalue weighted by Gasteiger charge is -2.40. The number of rotatable bonds is 4. The Balaban J connectivity index is 1.55. The third kappa shape index (κ3) is 4.60. The van der Waals surface area contributed by atoms with E-state index in [4.69, 9.17) is 9.97 Å². The van der Waals surface area contributed by atoms with Crippen molar-refractivity contribution in [3.05, 3.63) is 17.1 Å². The molecule has 2 fully saturated rings. The zero-order valence-corrected chi connectivity index (χ0v) is 20.1. The van der Waals surface area contributed by atoms with Crippen molar-refractivity contribution in [3.8, 4) is 0 Å². The van der Waals surface area contributed by atoms with E-state index in [9.17, 15) is 9.59 Å². The Bertz CT molecular complexity index is 832. The normalized spacial score (nSPS) is 22.7. The van der Waals surface area contributed by atoms with Crippen LogP contribution in [-0.2, 0) is 22.6 Å². The molecule has 0 aromatic carbocycles. The Morgan fingerprint density at radius 3 is 2.44 bits per heavy atom. The van der Waals surface area contributed by atoms with Crippen LogP contribution in [0.1, 0.15) is 76.0 Å². The monoisotopic (exact) mass is 442 g/mol. The van der Waals surface area contributed by atoms with Crippen molar-refractivity contribution < 1.29 is 9.59 Å². The van der Waals surface area contributed by atoms with E-state index in [0.717, 1.165) is 81.1 Å².